The lowest BCUT2D eigenvalue weighted by Gasteiger charge is -2.13. The number of nitrogens with one attached hydrogen (secondary N) is 2. The molecule has 0 spiro atoms. The second-order valence-corrected chi connectivity index (χ2v) is 6.58. The van der Waals surface area contributed by atoms with Gasteiger partial charge in [0, 0.05) is 19.3 Å². The molecule has 0 radical (unpaired) electrons. The number of sulfonamides is 1. The van der Waals surface area contributed by atoms with Crippen molar-refractivity contribution in [2.24, 2.45) is 5.92 Å². The average molecular weight is 269 g/mol. The molecule has 6 heteroatoms. The number of pyridine rings is 1. The van der Waals surface area contributed by atoms with E-state index in [4.69, 9.17) is 0 Å². The third kappa shape index (κ3) is 3.00. The van der Waals surface area contributed by atoms with Crippen molar-refractivity contribution in [1.29, 1.82) is 0 Å². The Morgan fingerprint density at radius 2 is 2.11 bits per heavy atom. The molecule has 1 fully saturated rings. The molecule has 2 atom stereocenters. The van der Waals surface area contributed by atoms with Gasteiger partial charge in [0.15, 0.2) is 0 Å². The van der Waals surface area contributed by atoms with E-state index in [1.807, 2.05) is 0 Å². The first-order valence-corrected chi connectivity index (χ1v) is 7.65. The molecule has 1 aliphatic rings. The second-order valence-electron chi connectivity index (χ2n) is 4.87. The van der Waals surface area contributed by atoms with E-state index in [-0.39, 0.29) is 10.9 Å². The highest BCUT2D eigenvalue weighted by Crippen LogP contribution is 2.26. The molecule has 2 unspecified atom stereocenters. The first-order chi connectivity index (χ1) is 8.51. The largest absolute Gasteiger partial charge is 0.373 e. The van der Waals surface area contributed by atoms with Gasteiger partial charge >= 0.3 is 0 Å². The summed E-state index contributed by atoms with van der Waals surface area (Å²) in [6.45, 7) is 2.15. The Kier molecular flexibility index (Phi) is 3.87. The van der Waals surface area contributed by atoms with Gasteiger partial charge in [-0.25, -0.2) is 18.1 Å². The minimum Gasteiger partial charge on any atom is -0.373 e. The molecule has 5 nitrogen and oxygen atoms in total. The highest BCUT2D eigenvalue weighted by Gasteiger charge is 2.26. The van der Waals surface area contributed by atoms with E-state index in [1.54, 1.807) is 19.2 Å². The number of hydrogen-bond acceptors (Lipinski definition) is 4. The van der Waals surface area contributed by atoms with Crippen LogP contribution >= 0.6 is 0 Å². The molecule has 2 rings (SSSR count). The lowest BCUT2D eigenvalue weighted by atomic mass is 10.1. The lowest BCUT2D eigenvalue weighted by molar-refractivity contribution is 0.538. The standard InChI is InChI=1S/C12H19N3O2S/c1-9-3-4-10(7-9)15-18(16,17)11-5-6-12(13-2)14-8-11/h5-6,8-10,15H,3-4,7H2,1-2H3,(H,13,14). The number of nitrogens with zero attached hydrogens (tertiary/aromatic N) is 1. The molecule has 100 valence electrons. The summed E-state index contributed by atoms with van der Waals surface area (Å²) in [6.07, 6.45) is 4.31. The van der Waals surface area contributed by atoms with Gasteiger partial charge in [0.2, 0.25) is 10.0 Å². The molecule has 2 N–H and O–H groups in total. The maximum absolute atomic E-state index is 12.1. The summed E-state index contributed by atoms with van der Waals surface area (Å²) in [7, 11) is -1.69. The molecule has 0 aliphatic heterocycles. The fraction of sp³-hybridized carbons (Fsp3) is 0.583. The van der Waals surface area contributed by atoms with Crippen molar-refractivity contribution >= 4 is 15.8 Å². The minimum absolute atomic E-state index is 0.0639. The van der Waals surface area contributed by atoms with Crippen LogP contribution in [0.3, 0.4) is 0 Å². The molecule has 1 aromatic heterocycles. The highest BCUT2D eigenvalue weighted by atomic mass is 32.2. The van der Waals surface area contributed by atoms with Crippen molar-refractivity contribution in [3.63, 3.8) is 0 Å². The van der Waals surface area contributed by atoms with Gasteiger partial charge in [0.05, 0.1) is 0 Å². The van der Waals surface area contributed by atoms with Crippen LogP contribution in [-0.4, -0.2) is 26.5 Å². The third-order valence-corrected chi connectivity index (χ3v) is 4.83. The topological polar surface area (TPSA) is 71.1 Å². The Balaban J connectivity index is 2.10. The molecule has 0 amide bonds. The smallest absolute Gasteiger partial charge is 0.242 e. The summed E-state index contributed by atoms with van der Waals surface area (Å²) in [6, 6.07) is 3.29. The van der Waals surface area contributed by atoms with Gasteiger partial charge in [0.1, 0.15) is 10.7 Å². The Morgan fingerprint density at radius 1 is 1.33 bits per heavy atom. The van der Waals surface area contributed by atoms with Crippen LogP contribution in [0.1, 0.15) is 26.2 Å². The van der Waals surface area contributed by atoms with E-state index in [0.29, 0.717) is 11.7 Å². The molecule has 0 saturated heterocycles. The molecular weight excluding hydrogens is 250 g/mol. The zero-order valence-corrected chi connectivity index (χ0v) is 11.5. The van der Waals surface area contributed by atoms with Crippen molar-refractivity contribution in [2.45, 2.75) is 37.1 Å². The molecule has 0 aromatic carbocycles. The maximum atomic E-state index is 12.1. The van der Waals surface area contributed by atoms with E-state index in [0.717, 1.165) is 19.3 Å². The van der Waals surface area contributed by atoms with Gasteiger partial charge in [-0.05, 0) is 37.3 Å². The van der Waals surface area contributed by atoms with Crippen LogP contribution in [0.25, 0.3) is 0 Å². The Morgan fingerprint density at radius 3 is 2.61 bits per heavy atom. The molecule has 18 heavy (non-hydrogen) atoms. The van der Waals surface area contributed by atoms with Gasteiger partial charge in [-0.2, -0.15) is 0 Å². The predicted octanol–water partition coefficient (Wildman–Crippen LogP) is 1.59. The Hall–Kier alpha value is -1.14. The normalized spacial score (nSPS) is 24.1. The van der Waals surface area contributed by atoms with E-state index in [1.165, 1.54) is 6.20 Å². The summed E-state index contributed by atoms with van der Waals surface area (Å²) < 4.78 is 27.0. The molecule has 0 bridgehead atoms. The fourth-order valence-electron chi connectivity index (χ4n) is 2.29. The van der Waals surface area contributed by atoms with Crippen molar-refractivity contribution in [3.8, 4) is 0 Å². The minimum atomic E-state index is -3.43. The van der Waals surface area contributed by atoms with Gasteiger partial charge < -0.3 is 5.32 Å². The third-order valence-electron chi connectivity index (χ3n) is 3.32. The SMILES string of the molecule is CNc1ccc(S(=O)(=O)NC2CCC(C)C2)cn1. The van der Waals surface area contributed by atoms with Crippen LogP contribution in [0.5, 0.6) is 0 Å². The second kappa shape index (κ2) is 5.24. The molecule has 1 aliphatic carbocycles. The summed E-state index contributed by atoms with van der Waals surface area (Å²) in [4.78, 5) is 4.25. The maximum Gasteiger partial charge on any atom is 0.242 e. The zero-order valence-electron chi connectivity index (χ0n) is 10.7. The van der Waals surface area contributed by atoms with Crippen LogP contribution in [0.2, 0.25) is 0 Å². The van der Waals surface area contributed by atoms with Crippen molar-refractivity contribution in [1.82, 2.24) is 9.71 Å². The summed E-state index contributed by atoms with van der Waals surface area (Å²) in [5.41, 5.74) is 0. The molecule has 1 aromatic rings. The molecular formula is C12H19N3O2S. The number of rotatable bonds is 4. The summed E-state index contributed by atoms with van der Waals surface area (Å²) >= 11 is 0. The van der Waals surface area contributed by atoms with Crippen molar-refractivity contribution in [3.05, 3.63) is 18.3 Å². The van der Waals surface area contributed by atoms with Gasteiger partial charge in [0.25, 0.3) is 0 Å². The molecule has 1 heterocycles. The highest BCUT2D eigenvalue weighted by molar-refractivity contribution is 7.89. The van der Waals surface area contributed by atoms with Crippen LogP contribution in [0.15, 0.2) is 23.2 Å². The Labute approximate surface area is 108 Å². The van der Waals surface area contributed by atoms with Crippen molar-refractivity contribution in [2.75, 3.05) is 12.4 Å². The van der Waals surface area contributed by atoms with E-state index >= 15 is 0 Å². The van der Waals surface area contributed by atoms with E-state index < -0.39 is 10.0 Å². The summed E-state index contributed by atoms with van der Waals surface area (Å²) in [5.74, 6) is 1.26. The van der Waals surface area contributed by atoms with Crippen LogP contribution in [0.4, 0.5) is 5.82 Å². The van der Waals surface area contributed by atoms with Crippen molar-refractivity contribution < 1.29 is 8.42 Å². The van der Waals surface area contributed by atoms with E-state index in [2.05, 4.69) is 21.9 Å². The van der Waals surface area contributed by atoms with Crippen LogP contribution < -0.4 is 10.0 Å². The summed E-state index contributed by atoms with van der Waals surface area (Å²) in [5, 5.41) is 2.86. The zero-order chi connectivity index (χ0) is 13.2. The monoisotopic (exact) mass is 269 g/mol. The van der Waals surface area contributed by atoms with Gasteiger partial charge in [-0.1, -0.05) is 6.92 Å². The number of anilines is 1. The lowest BCUT2D eigenvalue weighted by Crippen LogP contribution is -2.33. The van der Waals surface area contributed by atoms with Crippen LogP contribution in [-0.2, 0) is 10.0 Å². The fourth-order valence-corrected chi connectivity index (χ4v) is 3.52. The predicted molar refractivity (Wildman–Crippen MR) is 70.9 cm³/mol. The Bertz CT molecular complexity index is 499. The number of aromatic nitrogens is 1. The average Bonchev–Trinajstić information content (AvgIpc) is 2.74. The van der Waals surface area contributed by atoms with Gasteiger partial charge in [-0.3, -0.25) is 0 Å². The quantitative estimate of drug-likeness (QED) is 0.870. The van der Waals surface area contributed by atoms with Gasteiger partial charge in [-0.15, -0.1) is 0 Å². The van der Waals surface area contributed by atoms with E-state index in [9.17, 15) is 8.42 Å². The molecule has 1 saturated carbocycles. The first-order valence-electron chi connectivity index (χ1n) is 6.17. The van der Waals surface area contributed by atoms with Crippen LogP contribution in [0, 0.1) is 5.92 Å². The first kappa shape index (κ1) is 13.3. The number of hydrogen-bond donors (Lipinski definition) is 2.